The minimum Gasteiger partial charge on any atom is -0.309 e. The van der Waals surface area contributed by atoms with E-state index in [2.05, 4.69) is 254 Å². The largest absolute Gasteiger partial charge is 0.309 e. The summed E-state index contributed by atoms with van der Waals surface area (Å²) in [5.41, 5.74) is 20.4. The SMILES string of the molecule is Cc1cc(-c2c3ccc(-n4c(-c5ccccc5)ccc4-c4ccccc4)cc3c(-c3ccccc3)c3ccc(-n4c(-c5ccccc5)ccc4-c4ccccc4)cc23)cc(C)c1C. The maximum Gasteiger partial charge on any atom is 0.0535 e. The molecule has 11 rings (SSSR count). The van der Waals surface area contributed by atoms with Crippen LogP contribution in [-0.4, -0.2) is 9.13 Å². The molecule has 2 heterocycles. The first-order valence-corrected chi connectivity index (χ1v) is 21.8. The molecule has 0 radical (unpaired) electrons. The van der Waals surface area contributed by atoms with E-state index in [0.29, 0.717) is 0 Å². The highest BCUT2D eigenvalue weighted by atomic mass is 15.0. The van der Waals surface area contributed by atoms with Crippen molar-refractivity contribution in [2.45, 2.75) is 20.8 Å². The molecule has 300 valence electrons. The molecule has 0 spiro atoms. The van der Waals surface area contributed by atoms with Gasteiger partial charge in [0.2, 0.25) is 0 Å². The Bertz CT molecular complexity index is 3290. The van der Waals surface area contributed by atoms with Crippen molar-refractivity contribution in [2.75, 3.05) is 0 Å². The Morgan fingerprint density at radius 1 is 0.254 bits per heavy atom. The molecule has 0 unspecified atom stereocenters. The van der Waals surface area contributed by atoms with Gasteiger partial charge in [-0.05, 0) is 152 Å². The Hall–Kier alpha value is -7.94. The van der Waals surface area contributed by atoms with Gasteiger partial charge in [-0.2, -0.15) is 0 Å². The normalized spacial score (nSPS) is 11.4. The average Bonchev–Trinajstić information content (AvgIpc) is 4.00. The summed E-state index contributed by atoms with van der Waals surface area (Å²) in [6.45, 7) is 6.73. The topological polar surface area (TPSA) is 9.86 Å². The number of nitrogens with zero attached hydrogens (tertiary/aromatic N) is 2. The van der Waals surface area contributed by atoms with Gasteiger partial charge in [0.05, 0.1) is 22.8 Å². The fourth-order valence-corrected chi connectivity index (χ4v) is 9.66. The lowest BCUT2D eigenvalue weighted by atomic mass is 9.84. The van der Waals surface area contributed by atoms with Crippen molar-refractivity contribution in [3.8, 4) is 78.7 Å². The van der Waals surface area contributed by atoms with Gasteiger partial charge in [-0.25, -0.2) is 0 Å². The van der Waals surface area contributed by atoms with E-state index in [0.717, 1.165) is 34.2 Å². The Balaban J connectivity index is 1.26. The number of benzene rings is 9. The molecule has 9 aromatic carbocycles. The van der Waals surface area contributed by atoms with E-state index < -0.39 is 0 Å². The number of hydrogen-bond acceptors (Lipinski definition) is 0. The Morgan fingerprint density at radius 3 is 0.889 bits per heavy atom. The minimum atomic E-state index is 1.12. The molecule has 0 saturated carbocycles. The third-order valence-electron chi connectivity index (χ3n) is 12.9. The van der Waals surface area contributed by atoms with Gasteiger partial charge >= 0.3 is 0 Å². The number of aromatic nitrogens is 2. The molecular formula is C61H46N2. The van der Waals surface area contributed by atoms with Crippen LogP contribution in [-0.2, 0) is 0 Å². The van der Waals surface area contributed by atoms with Crippen molar-refractivity contribution in [1.29, 1.82) is 0 Å². The summed E-state index contributed by atoms with van der Waals surface area (Å²) >= 11 is 0. The van der Waals surface area contributed by atoms with E-state index in [1.54, 1.807) is 0 Å². The molecule has 2 heteroatoms. The molecule has 0 aliphatic heterocycles. The first-order chi connectivity index (χ1) is 31.0. The summed E-state index contributed by atoms with van der Waals surface area (Å²) in [5, 5.41) is 4.87. The lowest BCUT2D eigenvalue weighted by Gasteiger charge is -2.22. The number of rotatable bonds is 8. The fraction of sp³-hybridized carbons (Fsp3) is 0.0492. The fourth-order valence-electron chi connectivity index (χ4n) is 9.66. The number of hydrogen-bond donors (Lipinski definition) is 0. The second-order valence-electron chi connectivity index (χ2n) is 16.7. The Kier molecular flexibility index (Phi) is 9.55. The van der Waals surface area contributed by atoms with Gasteiger partial charge in [0.1, 0.15) is 0 Å². The van der Waals surface area contributed by atoms with Crippen LogP contribution < -0.4 is 0 Å². The van der Waals surface area contributed by atoms with Gasteiger partial charge in [-0.15, -0.1) is 0 Å². The maximum atomic E-state index is 2.45. The Labute approximate surface area is 369 Å². The van der Waals surface area contributed by atoms with Crippen LogP contribution in [0.3, 0.4) is 0 Å². The smallest absolute Gasteiger partial charge is 0.0535 e. The van der Waals surface area contributed by atoms with Crippen LogP contribution in [0.25, 0.3) is 100 Å². The zero-order valence-electron chi connectivity index (χ0n) is 35.8. The Morgan fingerprint density at radius 2 is 0.556 bits per heavy atom. The molecule has 2 aromatic heterocycles. The first kappa shape index (κ1) is 38.0. The van der Waals surface area contributed by atoms with Crippen molar-refractivity contribution in [2.24, 2.45) is 0 Å². The lowest BCUT2D eigenvalue weighted by molar-refractivity contribution is 1.10. The highest BCUT2D eigenvalue weighted by molar-refractivity contribution is 6.22. The zero-order valence-corrected chi connectivity index (χ0v) is 35.8. The average molecular weight is 807 g/mol. The second kappa shape index (κ2) is 15.8. The van der Waals surface area contributed by atoms with Crippen molar-refractivity contribution >= 4 is 21.5 Å². The maximum absolute atomic E-state index is 2.45. The zero-order chi connectivity index (χ0) is 42.4. The predicted octanol–water partition coefficient (Wildman–Crippen LogP) is 16.5. The van der Waals surface area contributed by atoms with Crippen molar-refractivity contribution in [3.05, 3.63) is 241 Å². The summed E-state index contributed by atoms with van der Waals surface area (Å²) in [4.78, 5) is 0. The third kappa shape index (κ3) is 6.68. The second-order valence-corrected chi connectivity index (χ2v) is 16.7. The van der Waals surface area contributed by atoms with Gasteiger partial charge in [0.25, 0.3) is 0 Å². The predicted molar refractivity (Wildman–Crippen MR) is 267 cm³/mol. The van der Waals surface area contributed by atoms with Crippen molar-refractivity contribution in [3.63, 3.8) is 0 Å². The highest BCUT2D eigenvalue weighted by Gasteiger charge is 2.22. The van der Waals surface area contributed by atoms with Crippen molar-refractivity contribution in [1.82, 2.24) is 9.13 Å². The summed E-state index contributed by atoms with van der Waals surface area (Å²) in [5.74, 6) is 0. The molecule has 0 amide bonds. The van der Waals surface area contributed by atoms with Gasteiger partial charge in [0.15, 0.2) is 0 Å². The number of fused-ring (bicyclic) bond motifs is 2. The van der Waals surface area contributed by atoms with E-state index >= 15 is 0 Å². The molecule has 0 saturated heterocycles. The minimum absolute atomic E-state index is 1.12. The van der Waals surface area contributed by atoms with Crippen LogP contribution in [0, 0.1) is 20.8 Å². The summed E-state index contributed by atoms with van der Waals surface area (Å²) in [6.07, 6.45) is 0. The molecular weight excluding hydrogens is 761 g/mol. The first-order valence-electron chi connectivity index (χ1n) is 21.8. The van der Waals surface area contributed by atoms with Gasteiger partial charge in [-0.1, -0.05) is 176 Å². The van der Waals surface area contributed by atoms with E-state index in [4.69, 9.17) is 0 Å². The van der Waals surface area contributed by atoms with Crippen LogP contribution in [0.1, 0.15) is 16.7 Å². The van der Waals surface area contributed by atoms with E-state index in [1.807, 2.05) is 0 Å². The molecule has 0 N–H and O–H groups in total. The van der Waals surface area contributed by atoms with Crippen LogP contribution in [0.4, 0.5) is 0 Å². The number of aryl methyl sites for hydroxylation is 2. The van der Waals surface area contributed by atoms with Crippen molar-refractivity contribution < 1.29 is 0 Å². The van der Waals surface area contributed by atoms with Gasteiger partial charge in [-0.3, -0.25) is 0 Å². The quantitative estimate of drug-likeness (QED) is 0.135. The van der Waals surface area contributed by atoms with Crippen LogP contribution in [0.15, 0.2) is 224 Å². The summed E-state index contributed by atoms with van der Waals surface area (Å²) in [6, 6.07) is 82.1. The molecule has 0 fully saturated rings. The monoisotopic (exact) mass is 806 g/mol. The highest BCUT2D eigenvalue weighted by Crippen LogP contribution is 2.47. The van der Waals surface area contributed by atoms with E-state index in [9.17, 15) is 0 Å². The molecule has 11 aromatic rings. The van der Waals surface area contributed by atoms with E-state index in [-0.39, 0.29) is 0 Å². The summed E-state index contributed by atoms with van der Waals surface area (Å²) in [7, 11) is 0. The lowest BCUT2D eigenvalue weighted by Crippen LogP contribution is -2.02. The summed E-state index contributed by atoms with van der Waals surface area (Å²) < 4.78 is 4.88. The van der Waals surface area contributed by atoms with Gasteiger partial charge in [0, 0.05) is 11.4 Å². The van der Waals surface area contributed by atoms with Crippen LogP contribution >= 0.6 is 0 Å². The van der Waals surface area contributed by atoms with Gasteiger partial charge < -0.3 is 9.13 Å². The van der Waals surface area contributed by atoms with Crippen LogP contribution in [0.5, 0.6) is 0 Å². The molecule has 0 bridgehead atoms. The molecule has 63 heavy (non-hydrogen) atoms. The molecule has 2 nitrogen and oxygen atoms in total. The van der Waals surface area contributed by atoms with Crippen LogP contribution in [0.2, 0.25) is 0 Å². The standard InChI is InChI=1S/C61H46N2/c1-41-37-49(38-42(2)43(41)3)61-53-32-30-50(62-56(44-19-9-4-10-20-44)33-34-57(62)45-21-11-5-12-22-45)39-54(53)60(48-27-17-8-18-28-48)52-31-29-51(40-55(52)61)63-58(46-23-13-6-14-24-46)35-36-59(63)47-25-15-7-16-26-47/h4-40H,1-3H3. The molecule has 0 atom stereocenters. The van der Waals surface area contributed by atoms with E-state index in [1.165, 1.54) is 82.7 Å². The third-order valence-corrected chi connectivity index (χ3v) is 12.9. The molecule has 0 aliphatic rings. The molecule has 0 aliphatic carbocycles.